The molecule has 1 aliphatic carbocycles. The highest BCUT2D eigenvalue weighted by Gasteiger charge is 2.36. The van der Waals surface area contributed by atoms with Crippen LogP contribution in [0.3, 0.4) is 0 Å². The normalized spacial score (nSPS) is 19.3. The summed E-state index contributed by atoms with van der Waals surface area (Å²) in [7, 11) is 0. The lowest BCUT2D eigenvalue weighted by atomic mass is 9.83. The third-order valence-electron chi connectivity index (χ3n) is 5.65. The summed E-state index contributed by atoms with van der Waals surface area (Å²) in [5.74, 6) is -0.880. The number of allylic oxidation sites excluding steroid dienone is 2. The van der Waals surface area contributed by atoms with Crippen LogP contribution in [0.15, 0.2) is 12.2 Å². The summed E-state index contributed by atoms with van der Waals surface area (Å²) in [5, 5.41) is 0. The first-order chi connectivity index (χ1) is 13.1. The zero-order valence-electron chi connectivity index (χ0n) is 17.7. The standard InChI is InChI=1S/C23H40O4/c1-4-7-8-9-10-11-14-17-26-22(24)20-15-12-13-16-21(20)23(25)27-18-19(5-2)6-3/h12-13,19-21H,4-11,14-18H2,1-3H3. The van der Waals surface area contributed by atoms with E-state index in [4.69, 9.17) is 9.47 Å². The SMILES string of the molecule is CCCCCCCCCOC(=O)C1CC=CCC1C(=O)OCC(CC)CC. The first kappa shape index (κ1) is 23.7. The maximum absolute atomic E-state index is 12.5. The van der Waals surface area contributed by atoms with Crippen LogP contribution in [-0.4, -0.2) is 25.2 Å². The topological polar surface area (TPSA) is 52.6 Å². The first-order valence-electron chi connectivity index (χ1n) is 11.1. The Morgan fingerprint density at radius 3 is 1.89 bits per heavy atom. The molecule has 0 bridgehead atoms. The van der Waals surface area contributed by atoms with E-state index >= 15 is 0 Å². The fraction of sp³-hybridized carbons (Fsp3) is 0.826. The van der Waals surface area contributed by atoms with Crippen molar-refractivity contribution in [1.82, 2.24) is 0 Å². The summed E-state index contributed by atoms with van der Waals surface area (Å²) in [6, 6.07) is 0. The zero-order chi connectivity index (χ0) is 19.9. The molecule has 1 rings (SSSR count). The molecule has 0 saturated carbocycles. The van der Waals surface area contributed by atoms with E-state index in [0.717, 1.165) is 25.7 Å². The lowest BCUT2D eigenvalue weighted by Crippen LogP contribution is -2.34. The Hall–Kier alpha value is -1.32. The molecule has 2 atom stereocenters. The smallest absolute Gasteiger partial charge is 0.310 e. The molecular formula is C23H40O4. The molecule has 4 heteroatoms. The number of hydrogen-bond donors (Lipinski definition) is 0. The molecule has 0 aliphatic heterocycles. The molecule has 0 aromatic heterocycles. The van der Waals surface area contributed by atoms with Crippen molar-refractivity contribution >= 4 is 11.9 Å². The predicted octanol–water partition coefficient (Wildman–Crippen LogP) is 5.84. The number of carbonyl (C=O) groups excluding carboxylic acids is 2. The molecule has 0 fully saturated rings. The van der Waals surface area contributed by atoms with Gasteiger partial charge in [0.1, 0.15) is 0 Å². The molecule has 0 aromatic rings. The van der Waals surface area contributed by atoms with Crippen LogP contribution in [0.1, 0.15) is 91.4 Å². The van der Waals surface area contributed by atoms with Crippen LogP contribution in [0.4, 0.5) is 0 Å². The van der Waals surface area contributed by atoms with Gasteiger partial charge >= 0.3 is 11.9 Å². The van der Waals surface area contributed by atoms with Crippen LogP contribution in [0.25, 0.3) is 0 Å². The van der Waals surface area contributed by atoms with Gasteiger partial charge in [0.2, 0.25) is 0 Å². The van der Waals surface area contributed by atoms with Crippen molar-refractivity contribution in [2.24, 2.45) is 17.8 Å². The van der Waals surface area contributed by atoms with Gasteiger partial charge < -0.3 is 9.47 Å². The Balaban J connectivity index is 2.33. The number of carbonyl (C=O) groups is 2. The molecule has 1 aliphatic rings. The van der Waals surface area contributed by atoms with E-state index in [1.165, 1.54) is 32.1 Å². The van der Waals surface area contributed by atoms with Gasteiger partial charge in [-0.1, -0.05) is 84.3 Å². The van der Waals surface area contributed by atoms with Gasteiger partial charge in [-0.25, -0.2) is 0 Å². The van der Waals surface area contributed by atoms with Gasteiger partial charge in [0.05, 0.1) is 25.0 Å². The van der Waals surface area contributed by atoms with Crippen LogP contribution < -0.4 is 0 Å². The summed E-state index contributed by atoms with van der Waals surface area (Å²) in [6.45, 7) is 7.34. The van der Waals surface area contributed by atoms with Gasteiger partial charge in [0.25, 0.3) is 0 Å². The quantitative estimate of drug-likeness (QED) is 0.216. The fourth-order valence-electron chi connectivity index (χ4n) is 3.51. The molecule has 0 N–H and O–H groups in total. The van der Waals surface area contributed by atoms with Crippen LogP contribution in [-0.2, 0) is 19.1 Å². The van der Waals surface area contributed by atoms with Crippen LogP contribution in [0.2, 0.25) is 0 Å². The van der Waals surface area contributed by atoms with E-state index in [2.05, 4.69) is 20.8 Å². The van der Waals surface area contributed by atoms with Crippen molar-refractivity contribution in [3.05, 3.63) is 12.2 Å². The maximum atomic E-state index is 12.5. The Labute approximate surface area is 166 Å². The fourth-order valence-corrected chi connectivity index (χ4v) is 3.51. The minimum absolute atomic E-state index is 0.241. The Bertz CT molecular complexity index is 440. The maximum Gasteiger partial charge on any atom is 0.310 e. The number of rotatable bonds is 14. The first-order valence-corrected chi connectivity index (χ1v) is 11.1. The van der Waals surface area contributed by atoms with E-state index in [1.54, 1.807) is 0 Å². The van der Waals surface area contributed by atoms with E-state index in [0.29, 0.717) is 32.0 Å². The van der Waals surface area contributed by atoms with Gasteiger partial charge in [-0.05, 0) is 25.2 Å². The highest BCUT2D eigenvalue weighted by Crippen LogP contribution is 2.28. The van der Waals surface area contributed by atoms with Crippen molar-refractivity contribution in [2.75, 3.05) is 13.2 Å². The van der Waals surface area contributed by atoms with Gasteiger partial charge in [0.15, 0.2) is 0 Å². The Morgan fingerprint density at radius 2 is 1.33 bits per heavy atom. The second-order valence-corrected chi connectivity index (χ2v) is 7.76. The predicted molar refractivity (Wildman–Crippen MR) is 109 cm³/mol. The molecule has 27 heavy (non-hydrogen) atoms. The molecule has 0 aromatic carbocycles. The largest absolute Gasteiger partial charge is 0.465 e. The minimum Gasteiger partial charge on any atom is -0.465 e. The zero-order valence-corrected chi connectivity index (χ0v) is 17.7. The highest BCUT2D eigenvalue weighted by atomic mass is 16.5. The van der Waals surface area contributed by atoms with Crippen molar-refractivity contribution < 1.29 is 19.1 Å². The number of hydrogen-bond acceptors (Lipinski definition) is 4. The second kappa shape index (κ2) is 14.7. The molecule has 156 valence electrons. The van der Waals surface area contributed by atoms with Crippen LogP contribution in [0, 0.1) is 17.8 Å². The van der Waals surface area contributed by atoms with Gasteiger partial charge in [0, 0.05) is 0 Å². The van der Waals surface area contributed by atoms with Gasteiger partial charge in [-0.3, -0.25) is 9.59 Å². The number of unbranched alkanes of at least 4 members (excludes halogenated alkanes) is 6. The van der Waals surface area contributed by atoms with Gasteiger partial charge in [-0.2, -0.15) is 0 Å². The van der Waals surface area contributed by atoms with E-state index in [9.17, 15) is 9.59 Å². The van der Waals surface area contributed by atoms with Crippen molar-refractivity contribution in [3.8, 4) is 0 Å². The second-order valence-electron chi connectivity index (χ2n) is 7.76. The molecule has 0 amide bonds. The summed E-state index contributed by atoms with van der Waals surface area (Å²) >= 11 is 0. The van der Waals surface area contributed by atoms with Crippen molar-refractivity contribution in [2.45, 2.75) is 91.4 Å². The average Bonchev–Trinajstić information content (AvgIpc) is 2.70. The lowest BCUT2D eigenvalue weighted by molar-refractivity contribution is -0.161. The third kappa shape index (κ3) is 9.44. The Kier molecular flexibility index (Phi) is 12.9. The van der Waals surface area contributed by atoms with E-state index in [1.807, 2.05) is 12.2 Å². The number of ether oxygens (including phenoxy) is 2. The molecular weight excluding hydrogens is 340 g/mol. The molecule has 4 nitrogen and oxygen atoms in total. The lowest BCUT2D eigenvalue weighted by Gasteiger charge is -2.26. The summed E-state index contributed by atoms with van der Waals surface area (Å²) < 4.78 is 11.0. The highest BCUT2D eigenvalue weighted by molar-refractivity contribution is 5.82. The Morgan fingerprint density at radius 1 is 0.815 bits per heavy atom. The third-order valence-corrected chi connectivity index (χ3v) is 5.65. The molecule has 0 heterocycles. The van der Waals surface area contributed by atoms with Crippen LogP contribution in [0.5, 0.6) is 0 Å². The minimum atomic E-state index is -0.397. The molecule has 0 spiro atoms. The van der Waals surface area contributed by atoms with E-state index < -0.39 is 11.8 Å². The molecule has 0 radical (unpaired) electrons. The summed E-state index contributed by atoms with van der Waals surface area (Å²) in [4.78, 5) is 25.0. The molecule has 2 unspecified atom stereocenters. The number of esters is 2. The van der Waals surface area contributed by atoms with Crippen molar-refractivity contribution in [1.29, 1.82) is 0 Å². The summed E-state index contributed by atoms with van der Waals surface area (Å²) in [5.41, 5.74) is 0. The van der Waals surface area contributed by atoms with Crippen molar-refractivity contribution in [3.63, 3.8) is 0 Å². The van der Waals surface area contributed by atoms with Crippen LogP contribution >= 0.6 is 0 Å². The molecule has 0 saturated heterocycles. The monoisotopic (exact) mass is 380 g/mol. The average molecular weight is 381 g/mol. The van der Waals surface area contributed by atoms with E-state index in [-0.39, 0.29) is 11.9 Å². The summed E-state index contributed by atoms with van der Waals surface area (Å²) in [6.07, 6.45) is 15.4. The van der Waals surface area contributed by atoms with Gasteiger partial charge in [-0.15, -0.1) is 0 Å².